The molecule has 0 aliphatic rings. The van der Waals surface area contributed by atoms with Crippen molar-refractivity contribution in [2.24, 2.45) is 0 Å². The molecule has 0 saturated carbocycles. The molecule has 0 fully saturated rings. The summed E-state index contributed by atoms with van der Waals surface area (Å²) in [6.07, 6.45) is 7.88. The van der Waals surface area contributed by atoms with Crippen LogP contribution in [0.4, 0.5) is 0 Å². The first-order valence-electron chi connectivity index (χ1n) is 3.58. The largest absolute Gasteiger partial charge is 0.316 e. The van der Waals surface area contributed by atoms with Gasteiger partial charge in [0, 0.05) is 12.1 Å². The molecule has 0 saturated heterocycles. The zero-order valence-corrected chi connectivity index (χ0v) is 7.73. The van der Waals surface area contributed by atoms with Gasteiger partial charge in [-0.05, 0) is 19.5 Å². The van der Waals surface area contributed by atoms with E-state index in [1.54, 1.807) is 5.54 Å². The molecule has 1 nitrogen and oxygen atoms in total. The van der Waals surface area contributed by atoms with Crippen LogP contribution in [0.15, 0.2) is 35.4 Å². The maximum atomic E-state index is 5.55. The van der Waals surface area contributed by atoms with Crippen molar-refractivity contribution < 1.29 is 0 Å². The lowest BCUT2D eigenvalue weighted by Gasteiger charge is -1.96. The lowest BCUT2D eigenvalue weighted by atomic mass is 10.2. The lowest BCUT2D eigenvalue weighted by molar-refractivity contribution is 0.897. The number of likely N-dealkylation sites (N-methyl/N-ethyl adjacent to an activating group) is 1. The van der Waals surface area contributed by atoms with Crippen molar-refractivity contribution in [2.75, 3.05) is 13.6 Å². The Balaban J connectivity index is 3.88. The van der Waals surface area contributed by atoms with Crippen molar-refractivity contribution in [1.29, 1.82) is 0 Å². The topological polar surface area (TPSA) is 12.0 Å². The molecule has 62 valence electrons. The highest BCUT2D eigenvalue weighted by atomic mass is 35.5. The smallest absolute Gasteiger partial charge is 0.0211 e. The number of allylic oxidation sites excluding steroid dienone is 3. The first kappa shape index (κ1) is 10.5. The van der Waals surface area contributed by atoms with Gasteiger partial charge >= 0.3 is 0 Å². The van der Waals surface area contributed by atoms with E-state index in [2.05, 4.69) is 5.32 Å². The molecule has 0 atom stereocenters. The Morgan fingerprint density at radius 3 is 2.64 bits per heavy atom. The zero-order valence-electron chi connectivity index (χ0n) is 6.97. The van der Waals surface area contributed by atoms with Crippen LogP contribution in [-0.2, 0) is 0 Å². The van der Waals surface area contributed by atoms with E-state index in [1.165, 1.54) is 0 Å². The SMILES string of the molecule is C\C=C/C=C\C(=C\Cl)CNC. The van der Waals surface area contributed by atoms with Crippen LogP contribution < -0.4 is 5.32 Å². The molecule has 0 unspecified atom stereocenters. The summed E-state index contributed by atoms with van der Waals surface area (Å²) >= 11 is 5.55. The van der Waals surface area contributed by atoms with Crippen molar-refractivity contribution in [2.45, 2.75) is 6.92 Å². The van der Waals surface area contributed by atoms with E-state index in [-0.39, 0.29) is 0 Å². The standard InChI is InChI=1S/C9H14ClN/c1-3-4-5-6-9(7-10)8-11-2/h3-7,11H,8H2,1-2H3/b4-3-,6-5-,9-7-. The molecule has 0 heterocycles. The van der Waals surface area contributed by atoms with Gasteiger partial charge in [0.1, 0.15) is 0 Å². The van der Waals surface area contributed by atoms with Crippen molar-refractivity contribution in [3.8, 4) is 0 Å². The van der Waals surface area contributed by atoms with Gasteiger partial charge in [-0.3, -0.25) is 0 Å². The molecule has 0 bridgehead atoms. The maximum absolute atomic E-state index is 5.55. The minimum absolute atomic E-state index is 0.803. The predicted octanol–water partition coefficient (Wildman–Crippen LogP) is 2.46. The van der Waals surface area contributed by atoms with Crippen LogP contribution in [-0.4, -0.2) is 13.6 Å². The van der Waals surface area contributed by atoms with Crippen LogP contribution in [0.1, 0.15) is 6.92 Å². The van der Waals surface area contributed by atoms with Gasteiger partial charge in [-0.2, -0.15) is 0 Å². The fraction of sp³-hybridized carbons (Fsp3) is 0.333. The quantitative estimate of drug-likeness (QED) is 0.641. The third kappa shape index (κ3) is 5.89. The highest BCUT2D eigenvalue weighted by molar-refractivity contribution is 6.25. The van der Waals surface area contributed by atoms with E-state index in [1.807, 2.05) is 38.3 Å². The molecular formula is C9H14ClN. The van der Waals surface area contributed by atoms with Gasteiger partial charge in [0.15, 0.2) is 0 Å². The average molecular weight is 172 g/mol. The number of hydrogen-bond acceptors (Lipinski definition) is 1. The molecule has 0 aliphatic heterocycles. The Morgan fingerprint density at radius 2 is 2.18 bits per heavy atom. The van der Waals surface area contributed by atoms with E-state index in [0.29, 0.717) is 0 Å². The minimum atomic E-state index is 0.803. The van der Waals surface area contributed by atoms with Crippen LogP contribution >= 0.6 is 11.6 Å². The molecule has 0 radical (unpaired) electrons. The van der Waals surface area contributed by atoms with Crippen molar-refractivity contribution >= 4 is 11.6 Å². The van der Waals surface area contributed by atoms with Crippen LogP contribution in [0.5, 0.6) is 0 Å². The van der Waals surface area contributed by atoms with E-state index < -0.39 is 0 Å². The Morgan fingerprint density at radius 1 is 1.45 bits per heavy atom. The molecule has 2 heteroatoms. The Kier molecular flexibility index (Phi) is 7.21. The highest BCUT2D eigenvalue weighted by Crippen LogP contribution is 1.97. The second kappa shape index (κ2) is 7.58. The summed E-state index contributed by atoms with van der Waals surface area (Å²) in [6, 6.07) is 0. The Hall–Kier alpha value is -0.530. The van der Waals surface area contributed by atoms with E-state index in [4.69, 9.17) is 11.6 Å². The van der Waals surface area contributed by atoms with Crippen molar-refractivity contribution in [3.63, 3.8) is 0 Å². The third-order valence-electron chi connectivity index (χ3n) is 1.13. The van der Waals surface area contributed by atoms with Crippen molar-refractivity contribution in [1.82, 2.24) is 5.32 Å². The van der Waals surface area contributed by atoms with Gasteiger partial charge in [0.2, 0.25) is 0 Å². The minimum Gasteiger partial charge on any atom is -0.316 e. The molecule has 0 spiro atoms. The van der Waals surface area contributed by atoms with Gasteiger partial charge in [-0.1, -0.05) is 35.9 Å². The normalized spacial score (nSPS) is 13.5. The summed E-state index contributed by atoms with van der Waals surface area (Å²) in [7, 11) is 1.89. The Bertz CT molecular complexity index is 168. The van der Waals surface area contributed by atoms with E-state index in [0.717, 1.165) is 12.1 Å². The molecule has 0 aromatic rings. The average Bonchev–Trinajstić information content (AvgIpc) is 2.03. The summed E-state index contributed by atoms with van der Waals surface area (Å²) in [5.74, 6) is 0. The molecule has 0 aromatic heterocycles. The fourth-order valence-electron chi connectivity index (χ4n) is 0.628. The van der Waals surface area contributed by atoms with Crippen molar-refractivity contribution in [3.05, 3.63) is 35.4 Å². The molecule has 11 heavy (non-hydrogen) atoms. The molecule has 0 amide bonds. The van der Waals surface area contributed by atoms with Crippen LogP contribution in [0.25, 0.3) is 0 Å². The van der Waals surface area contributed by atoms with Gasteiger partial charge in [0.25, 0.3) is 0 Å². The second-order valence-electron chi connectivity index (χ2n) is 2.10. The monoisotopic (exact) mass is 171 g/mol. The van der Waals surface area contributed by atoms with Crippen LogP contribution in [0.2, 0.25) is 0 Å². The predicted molar refractivity (Wildman–Crippen MR) is 51.8 cm³/mol. The number of nitrogens with one attached hydrogen (secondary N) is 1. The summed E-state index contributed by atoms with van der Waals surface area (Å²) in [5.41, 5.74) is 2.66. The molecule has 0 aromatic carbocycles. The Labute approximate surface area is 73.4 Å². The molecule has 1 N–H and O–H groups in total. The first-order valence-corrected chi connectivity index (χ1v) is 4.02. The summed E-state index contributed by atoms with van der Waals surface area (Å²) in [5, 5.41) is 3.02. The number of hydrogen-bond donors (Lipinski definition) is 1. The number of halogens is 1. The summed E-state index contributed by atoms with van der Waals surface area (Å²) in [6.45, 7) is 2.78. The number of rotatable bonds is 4. The molecule has 0 rings (SSSR count). The van der Waals surface area contributed by atoms with Gasteiger partial charge < -0.3 is 5.32 Å². The van der Waals surface area contributed by atoms with Gasteiger partial charge in [0.05, 0.1) is 0 Å². The summed E-state index contributed by atoms with van der Waals surface area (Å²) in [4.78, 5) is 0. The lowest BCUT2D eigenvalue weighted by Crippen LogP contribution is -2.08. The molecule has 0 aliphatic carbocycles. The maximum Gasteiger partial charge on any atom is 0.0211 e. The van der Waals surface area contributed by atoms with Gasteiger partial charge in [-0.15, -0.1) is 0 Å². The zero-order chi connectivity index (χ0) is 8.53. The fourth-order valence-corrected chi connectivity index (χ4v) is 0.778. The van der Waals surface area contributed by atoms with E-state index in [9.17, 15) is 0 Å². The third-order valence-corrected chi connectivity index (χ3v) is 1.42. The van der Waals surface area contributed by atoms with Crippen LogP contribution in [0, 0.1) is 0 Å². The van der Waals surface area contributed by atoms with Crippen LogP contribution in [0.3, 0.4) is 0 Å². The van der Waals surface area contributed by atoms with Gasteiger partial charge in [-0.25, -0.2) is 0 Å². The highest BCUT2D eigenvalue weighted by Gasteiger charge is 1.85. The van der Waals surface area contributed by atoms with E-state index >= 15 is 0 Å². The molecular weight excluding hydrogens is 158 g/mol. The second-order valence-corrected chi connectivity index (χ2v) is 2.32. The first-order chi connectivity index (χ1) is 5.35. The summed E-state index contributed by atoms with van der Waals surface area (Å²) < 4.78 is 0.